The van der Waals surface area contributed by atoms with Crippen LogP contribution in [0, 0.1) is 17.1 Å². The summed E-state index contributed by atoms with van der Waals surface area (Å²) in [5.74, 6) is 0.565. The van der Waals surface area contributed by atoms with Crippen LogP contribution >= 0.6 is 0 Å². The summed E-state index contributed by atoms with van der Waals surface area (Å²) in [6.07, 6.45) is 1.48. The van der Waals surface area contributed by atoms with E-state index >= 15 is 0 Å². The summed E-state index contributed by atoms with van der Waals surface area (Å²) in [4.78, 5) is 8.27. The zero-order valence-corrected chi connectivity index (χ0v) is 10.8. The second kappa shape index (κ2) is 4.74. The SMILES string of the molecule is CCn1c(Cn2cnc(C#N)n2)nc2cc(F)ccc21. The third kappa shape index (κ3) is 2.01. The topological polar surface area (TPSA) is 72.3 Å². The maximum absolute atomic E-state index is 13.2. The number of aromatic nitrogens is 5. The summed E-state index contributed by atoms with van der Waals surface area (Å²) in [6.45, 7) is 3.10. The molecule has 100 valence electrons. The minimum Gasteiger partial charge on any atom is -0.327 e. The summed E-state index contributed by atoms with van der Waals surface area (Å²) in [5.41, 5.74) is 1.49. The molecule has 0 aliphatic heterocycles. The summed E-state index contributed by atoms with van der Waals surface area (Å²) in [6, 6.07) is 6.42. The number of aryl methyl sites for hydroxylation is 1. The number of benzene rings is 1. The third-order valence-corrected chi connectivity index (χ3v) is 3.05. The molecular formula is C13H11FN6. The van der Waals surface area contributed by atoms with Gasteiger partial charge in [-0.2, -0.15) is 5.26 Å². The van der Waals surface area contributed by atoms with E-state index in [0.717, 1.165) is 17.9 Å². The second-order valence-electron chi connectivity index (χ2n) is 4.28. The normalized spacial score (nSPS) is 10.8. The fourth-order valence-corrected chi connectivity index (χ4v) is 2.19. The van der Waals surface area contributed by atoms with Crippen molar-refractivity contribution in [3.63, 3.8) is 0 Å². The van der Waals surface area contributed by atoms with Crippen molar-refractivity contribution < 1.29 is 4.39 Å². The van der Waals surface area contributed by atoms with Crippen molar-refractivity contribution in [1.82, 2.24) is 24.3 Å². The maximum Gasteiger partial charge on any atom is 0.252 e. The minimum absolute atomic E-state index is 0.121. The first-order valence-corrected chi connectivity index (χ1v) is 6.15. The van der Waals surface area contributed by atoms with Crippen LogP contribution in [0.4, 0.5) is 4.39 Å². The number of fused-ring (bicyclic) bond motifs is 1. The molecule has 0 bridgehead atoms. The molecule has 6 nitrogen and oxygen atoms in total. The first-order chi connectivity index (χ1) is 9.71. The van der Waals surface area contributed by atoms with Crippen LogP contribution in [-0.2, 0) is 13.1 Å². The molecule has 3 aromatic rings. The fourth-order valence-electron chi connectivity index (χ4n) is 2.19. The Bertz CT molecular complexity index is 810. The van der Waals surface area contributed by atoms with E-state index in [4.69, 9.17) is 5.26 Å². The summed E-state index contributed by atoms with van der Waals surface area (Å²) in [5, 5.41) is 12.7. The molecule has 0 atom stereocenters. The van der Waals surface area contributed by atoms with Crippen LogP contribution < -0.4 is 0 Å². The van der Waals surface area contributed by atoms with Crippen LogP contribution in [0.2, 0.25) is 0 Å². The van der Waals surface area contributed by atoms with Gasteiger partial charge in [-0.1, -0.05) is 0 Å². The van der Waals surface area contributed by atoms with E-state index in [2.05, 4.69) is 15.1 Å². The van der Waals surface area contributed by atoms with Crippen LogP contribution in [-0.4, -0.2) is 24.3 Å². The molecule has 0 N–H and O–H groups in total. The first kappa shape index (κ1) is 12.3. The van der Waals surface area contributed by atoms with Gasteiger partial charge in [-0.05, 0) is 19.1 Å². The highest BCUT2D eigenvalue weighted by molar-refractivity contribution is 5.76. The quantitative estimate of drug-likeness (QED) is 0.726. The lowest BCUT2D eigenvalue weighted by molar-refractivity contribution is 0.612. The molecule has 2 aromatic heterocycles. The van der Waals surface area contributed by atoms with Crippen LogP contribution in [0.3, 0.4) is 0 Å². The van der Waals surface area contributed by atoms with E-state index in [1.165, 1.54) is 18.5 Å². The van der Waals surface area contributed by atoms with Crippen molar-refractivity contribution in [1.29, 1.82) is 5.26 Å². The molecule has 1 aromatic carbocycles. The molecule has 0 saturated heterocycles. The van der Waals surface area contributed by atoms with Crippen molar-refractivity contribution in [3.8, 4) is 6.07 Å². The van der Waals surface area contributed by atoms with Crippen molar-refractivity contribution in [2.24, 2.45) is 0 Å². The van der Waals surface area contributed by atoms with Crippen LogP contribution in [0.1, 0.15) is 18.6 Å². The minimum atomic E-state index is -0.308. The Hall–Kier alpha value is -2.75. The van der Waals surface area contributed by atoms with Gasteiger partial charge in [0.15, 0.2) is 0 Å². The lowest BCUT2D eigenvalue weighted by Crippen LogP contribution is -2.08. The molecule has 0 spiro atoms. The van der Waals surface area contributed by atoms with Crippen LogP contribution in [0.25, 0.3) is 11.0 Å². The predicted octanol–water partition coefficient (Wildman–Crippen LogP) is 1.71. The van der Waals surface area contributed by atoms with Crippen LogP contribution in [0.5, 0.6) is 0 Å². The van der Waals surface area contributed by atoms with Gasteiger partial charge in [-0.3, -0.25) is 0 Å². The lowest BCUT2D eigenvalue weighted by Gasteiger charge is -2.05. The van der Waals surface area contributed by atoms with Gasteiger partial charge in [0.05, 0.1) is 11.0 Å². The Kier molecular flexibility index (Phi) is 2.91. The number of nitrogens with zero attached hydrogens (tertiary/aromatic N) is 6. The van der Waals surface area contributed by atoms with E-state index in [0.29, 0.717) is 12.1 Å². The standard InChI is InChI=1S/C13H11FN6/c1-2-20-11-4-3-9(14)5-10(11)17-13(20)7-19-8-16-12(6-15)18-19/h3-5,8H,2,7H2,1H3. The lowest BCUT2D eigenvalue weighted by atomic mass is 10.3. The van der Waals surface area contributed by atoms with E-state index in [1.54, 1.807) is 10.7 Å². The first-order valence-electron chi connectivity index (χ1n) is 6.15. The van der Waals surface area contributed by atoms with Crippen molar-refractivity contribution in [2.75, 3.05) is 0 Å². The molecule has 0 aliphatic rings. The van der Waals surface area contributed by atoms with Gasteiger partial charge in [-0.25, -0.2) is 19.0 Å². The highest BCUT2D eigenvalue weighted by Gasteiger charge is 2.11. The van der Waals surface area contributed by atoms with Gasteiger partial charge >= 0.3 is 0 Å². The molecule has 0 fully saturated rings. The number of nitriles is 1. The summed E-state index contributed by atoms with van der Waals surface area (Å²) >= 11 is 0. The Morgan fingerprint density at radius 3 is 2.95 bits per heavy atom. The Morgan fingerprint density at radius 1 is 1.40 bits per heavy atom. The smallest absolute Gasteiger partial charge is 0.252 e. The molecule has 0 amide bonds. The molecule has 7 heteroatoms. The molecule has 20 heavy (non-hydrogen) atoms. The van der Waals surface area contributed by atoms with Crippen molar-refractivity contribution in [2.45, 2.75) is 20.0 Å². The van der Waals surface area contributed by atoms with Gasteiger partial charge in [0, 0.05) is 12.6 Å². The molecule has 0 radical (unpaired) electrons. The predicted molar refractivity (Wildman–Crippen MR) is 69.2 cm³/mol. The fraction of sp³-hybridized carbons (Fsp3) is 0.231. The average Bonchev–Trinajstić information content (AvgIpc) is 3.02. The molecule has 0 unspecified atom stereocenters. The Balaban J connectivity index is 2.04. The highest BCUT2D eigenvalue weighted by atomic mass is 19.1. The van der Waals surface area contributed by atoms with Gasteiger partial charge in [0.1, 0.15) is 30.6 Å². The van der Waals surface area contributed by atoms with Gasteiger partial charge in [0.25, 0.3) is 5.82 Å². The van der Waals surface area contributed by atoms with E-state index < -0.39 is 0 Å². The summed E-state index contributed by atoms with van der Waals surface area (Å²) in [7, 11) is 0. The van der Waals surface area contributed by atoms with E-state index in [-0.39, 0.29) is 11.6 Å². The molecule has 0 saturated carbocycles. The summed E-state index contributed by atoms with van der Waals surface area (Å²) < 4.78 is 16.8. The molecule has 3 rings (SSSR count). The number of hydrogen-bond acceptors (Lipinski definition) is 4. The highest BCUT2D eigenvalue weighted by Crippen LogP contribution is 2.18. The number of hydrogen-bond donors (Lipinski definition) is 0. The monoisotopic (exact) mass is 270 g/mol. The molecular weight excluding hydrogens is 259 g/mol. The van der Waals surface area contributed by atoms with Crippen molar-refractivity contribution >= 4 is 11.0 Å². The van der Waals surface area contributed by atoms with Crippen molar-refractivity contribution in [3.05, 3.63) is 42.0 Å². The van der Waals surface area contributed by atoms with Gasteiger partial charge in [-0.15, -0.1) is 5.10 Å². The van der Waals surface area contributed by atoms with E-state index in [1.807, 2.05) is 17.6 Å². The van der Waals surface area contributed by atoms with Gasteiger partial charge < -0.3 is 4.57 Å². The zero-order chi connectivity index (χ0) is 14.1. The zero-order valence-electron chi connectivity index (χ0n) is 10.8. The Labute approximate surface area is 114 Å². The maximum atomic E-state index is 13.2. The largest absolute Gasteiger partial charge is 0.327 e. The van der Waals surface area contributed by atoms with Gasteiger partial charge in [0.2, 0.25) is 0 Å². The second-order valence-corrected chi connectivity index (χ2v) is 4.28. The molecule has 2 heterocycles. The third-order valence-electron chi connectivity index (χ3n) is 3.05. The Morgan fingerprint density at radius 2 is 2.25 bits per heavy atom. The average molecular weight is 270 g/mol. The number of halogens is 1. The number of rotatable bonds is 3. The number of imidazole rings is 1. The van der Waals surface area contributed by atoms with Crippen LogP contribution in [0.15, 0.2) is 24.5 Å². The van der Waals surface area contributed by atoms with E-state index in [9.17, 15) is 4.39 Å². The molecule has 0 aliphatic carbocycles.